The van der Waals surface area contributed by atoms with Crippen molar-refractivity contribution in [3.05, 3.63) is 17.8 Å². The number of aromatic nitrogens is 1. The van der Waals surface area contributed by atoms with Gasteiger partial charge in [-0.1, -0.05) is 0 Å². The maximum atomic E-state index is 11.3. The Hall–Kier alpha value is -1.89. The number of carbonyl (C=O) groups is 2. The van der Waals surface area contributed by atoms with E-state index in [1.165, 1.54) is 0 Å². The van der Waals surface area contributed by atoms with E-state index in [1.54, 1.807) is 0 Å². The van der Waals surface area contributed by atoms with Crippen LogP contribution in [0.15, 0.2) is 10.7 Å². The molecule has 2 atom stereocenters. The molecule has 1 aliphatic carbocycles. The van der Waals surface area contributed by atoms with E-state index < -0.39 is 11.9 Å². The van der Waals surface area contributed by atoms with Crippen molar-refractivity contribution in [2.45, 2.75) is 19.4 Å². The molecule has 0 amide bonds. The lowest BCUT2D eigenvalue weighted by molar-refractivity contribution is -0.142. The van der Waals surface area contributed by atoms with E-state index in [1.807, 2.05) is 4.90 Å². The second-order valence-electron chi connectivity index (χ2n) is 5.57. The number of rotatable bonds is 5. The van der Waals surface area contributed by atoms with Crippen LogP contribution < -0.4 is 0 Å². The SMILES string of the molecule is O=C(O)c1coc(CN2C[C@@H](C(=O)O)[C@H](C3CC3)C2)n1. The summed E-state index contributed by atoms with van der Waals surface area (Å²) in [4.78, 5) is 27.9. The first-order chi connectivity index (χ1) is 9.54. The number of oxazole rings is 1. The van der Waals surface area contributed by atoms with Crippen LogP contribution in [0.1, 0.15) is 29.2 Å². The summed E-state index contributed by atoms with van der Waals surface area (Å²) in [5.74, 6) is -1.16. The highest BCUT2D eigenvalue weighted by atomic mass is 16.4. The second-order valence-corrected chi connectivity index (χ2v) is 5.57. The molecule has 0 radical (unpaired) electrons. The Labute approximate surface area is 115 Å². The van der Waals surface area contributed by atoms with Gasteiger partial charge >= 0.3 is 11.9 Å². The van der Waals surface area contributed by atoms with E-state index >= 15 is 0 Å². The van der Waals surface area contributed by atoms with Crippen LogP contribution in [0.3, 0.4) is 0 Å². The highest BCUT2D eigenvalue weighted by Gasteiger charge is 2.45. The largest absolute Gasteiger partial charge is 0.481 e. The molecule has 7 nitrogen and oxygen atoms in total. The number of aliphatic carboxylic acids is 1. The third kappa shape index (κ3) is 2.53. The normalized spacial score (nSPS) is 26.8. The van der Waals surface area contributed by atoms with Gasteiger partial charge in [-0.15, -0.1) is 0 Å². The molecule has 2 N–H and O–H groups in total. The molecule has 0 unspecified atom stereocenters. The number of likely N-dealkylation sites (tertiary alicyclic amines) is 1. The zero-order valence-corrected chi connectivity index (χ0v) is 10.9. The molecule has 108 valence electrons. The zero-order valence-electron chi connectivity index (χ0n) is 10.9. The topological polar surface area (TPSA) is 104 Å². The van der Waals surface area contributed by atoms with Crippen LogP contribution in [-0.4, -0.2) is 45.1 Å². The molecule has 20 heavy (non-hydrogen) atoms. The third-order valence-corrected chi connectivity index (χ3v) is 4.12. The van der Waals surface area contributed by atoms with Crippen molar-refractivity contribution in [3.8, 4) is 0 Å². The van der Waals surface area contributed by atoms with Crippen LogP contribution in [-0.2, 0) is 11.3 Å². The molecular weight excluding hydrogens is 264 g/mol. The Kier molecular flexibility index (Phi) is 3.21. The van der Waals surface area contributed by atoms with Crippen LogP contribution in [0, 0.1) is 17.8 Å². The molecule has 1 aromatic heterocycles. The molecule has 1 aliphatic heterocycles. The lowest BCUT2D eigenvalue weighted by Crippen LogP contribution is -2.24. The van der Waals surface area contributed by atoms with Crippen molar-refractivity contribution in [1.82, 2.24) is 9.88 Å². The molecule has 3 rings (SSSR count). The van der Waals surface area contributed by atoms with E-state index in [9.17, 15) is 14.7 Å². The first kappa shape index (κ1) is 13.1. The van der Waals surface area contributed by atoms with E-state index in [-0.39, 0.29) is 17.5 Å². The fourth-order valence-electron chi connectivity index (χ4n) is 2.98. The number of nitrogens with zero attached hydrogens (tertiary/aromatic N) is 2. The van der Waals surface area contributed by atoms with E-state index in [0.29, 0.717) is 31.4 Å². The van der Waals surface area contributed by atoms with Gasteiger partial charge in [0.2, 0.25) is 5.89 Å². The Morgan fingerprint density at radius 2 is 2.10 bits per heavy atom. The van der Waals surface area contributed by atoms with Gasteiger partial charge in [-0.25, -0.2) is 9.78 Å². The van der Waals surface area contributed by atoms with Crippen molar-refractivity contribution in [2.24, 2.45) is 17.8 Å². The van der Waals surface area contributed by atoms with Crippen molar-refractivity contribution < 1.29 is 24.2 Å². The molecule has 2 aliphatic rings. The molecule has 0 bridgehead atoms. The summed E-state index contributed by atoms with van der Waals surface area (Å²) in [5, 5.41) is 18.1. The van der Waals surface area contributed by atoms with Gasteiger partial charge in [-0.05, 0) is 24.7 Å². The summed E-state index contributed by atoms with van der Waals surface area (Å²) in [7, 11) is 0. The van der Waals surface area contributed by atoms with Gasteiger partial charge in [0.25, 0.3) is 0 Å². The van der Waals surface area contributed by atoms with Gasteiger partial charge in [0.1, 0.15) is 6.26 Å². The minimum absolute atomic E-state index is 0.118. The molecular formula is C13H16N2O5. The smallest absolute Gasteiger partial charge is 0.357 e. The van der Waals surface area contributed by atoms with Crippen molar-refractivity contribution in [2.75, 3.05) is 13.1 Å². The molecule has 0 aromatic carbocycles. The fraction of sp³-hybridized carbons (Fsp3) is 0.615. The van der Waals surface area contributed by atoms with Crippen LogP contribution in [0.25, 0.3) is 0 Å². The minimum atomic E-state index is -1.12. The predicted octanol–water partition coefficient (Wildman–Crippen LogP) is 0.915. The van der Waals surface area contributed by atoms with Gasteiger partial charge in [0.15, 0.2) is 5.69 Å². The fourth-order valence-corrected chi connectivity index (χ4v) is 2.98. The molecule has 2 heterocycles. The first-order valence-electron chi connectivity index (χ1n) is 6.67. The summed E-state index contributed by atoms with van der Waals surface area (Å²) >= 11 is 0. The maximum absolute atomic E-state index is 11.3. The molecule has 7 heteroatoms. The summed E-state index contributed by atoms with van der Waals surface area (Å²) in [6.45, 7) is 1.55. The number of carboxylic acids is 2. The third-order valence-electron chi connectivity index (χ3n) is 4.12. The number of hydrogen-bond acceptors (Lipinski definition) is 5. The highest BCUT2D eigenvalue weighted by Crippen LogP contribution is 2.44. The Balaban J connectivity index is 1.65. The number of hydrogen-bond donors (Lipinski definition) is 2. The molecule has 0 spiro atoms. The Morgan fingerprint density at radius 1 is 1.35 bits per heavy atom. The van der Waals surface area contributed by atoms with Gasteiger partial charge in [0.05, 0.1) is 12.5 Å². The average molecular weight is 280 g/mol. The summed E-state index contributed by atoms with van der Waals surface area (Å²) in [6.07, 6.45) is 3.34. The summed E-state index contributed by atoms with van der Waals surface area (Å²) < 4.78 is 5.11. The van der Waals surface area contributed by atoms with Crippen molar-refractivity contribution >= 4 is 11.9 Å². The summed E-state index contributed by atoms with van der Waals surface area (Å²) in [6, 6.07) is 0. The molecule has 1 aromatic rings. The van der Waals surface area contributed by atoms with E-state index in [2.05, 4.69) is 4.98 Å². The van der Waals surface area contributed by atoms with Crippen LogP contribution in [0.4, 0.5) is 0 Å². The lowest BCUT2D eigenvalue weighted by atomic mass is 9.92. The number of aromatic carboxylic acids is 1. The van der Waals surface area contributed by atoms with Crippen molar-refractivity contribution in [1.29, 1.82) is 0 Å². The van der Waals surface area contributed by atoms with Gasteiger partial charge in [0, 0.05) is 13.1 Å². The highest BCUT2D eigenvalue weighted by molar-refractivity contribution is 5.84. The van der Waals surface area contributed by atoms with Gasteiger partial charge < -0.3 is 14.6 Å². The zero-order chi connectivity index (χ0) is 14.3. The van der Waals surface area contributed by atoms with E-state index in [0.717, 1.165) is 19.1 Å². The predicted molar refractivity (Wildman–Crippen MR) is 66.1 cm³/mol. The van der Waals surface area contributed by atoms with Gasteiger partial charge in [-0.2, -0.15) is 0 Å². The van der Waals surface area contributed by atoms with Crippen LogP contribution in [0.5, 0.6) is 0 Å². The van der Waals surface area contributed by atoms with Crippen LogP contribution >= 0.6 is 0 Å². The van der Waals surface area contributed by atoms with Gasteiger partial charge in [-0.3, -0.25) is 9.69 Å². The first-order valence-corrected chi connectivity index (χ1v) is 6.67. The average Bonchev–Trinajstić information content (AvgIpc) is 2.97. The maximum Gasteiger partial charge on any atom is 0.357 e. The van der Waals surface area contributed by atoms with Crippen molar-refractivity contribution in [3.63, 3.8) is 0 Å². The lowest BCUT2D eigenvalue weighted by Gasteiger charge is -2.13. The minimum Gasteiger partial charge on any atom is -0.481 e. The van der Waals surface area contributed by atoms with E-state index in [4.69, 9.17) is 9.52 Å². The summed E-state index contributed by atoms with van der Waals surface area (Å²) in [5.41, 5.74) is -0.118. The monoisotopic (exact) mass is 280 g/mol. The standard InChI is InChI=1S/C13H16N2O5/c16-12(17)9-4-15(3-8(9)7-1-2-7)5-11-14-10(6-20-11)13(18)19/h6-9H,1-5H2,(H,16,17)(H,18,19)/t8-,9+/m0/s1. The molecule has 1 saturated carbocycles. The van der Waals surface area contributed by atoms with Crippen LogP contribution in [0.2, 0.25) is 0 Å². The number of carboxylic acid groups (broad SMARTS) is 2. The Bertz CT molecular complexity index is 537. The Morgan fingerprint density at radius 3 is 2.65 bits per heavy atom. The quantitative estimate of drug-likeness (QED) is 0.826. The molecule has 2 fully saturated rings. The second kappa shape index (κ2) is 4.90. The molecule has 1 saturated heterocycles.